The lowest BCUT2D eigenvalue weighted by atomic mass is 10.0. The standard InChI is InChI=1S/C15H16F2N2O4/c1-3-22-11-5-9(14(20)21)6-12(23-4-2)13(11)10-7-18-19(8-10)15(16)17/h5-8,15H,3-4H2,1-2H3,(H,20,21)/p-1. The molecule has 1 aromatic carbocycles. The summed E-state index contributed by atoms with van der Waals surface area (Å²) in [4.78, 5) is 11.1. The molecule has 0 spiro atoms. The van der Waals surface area contributed by atoms with Gasteiger partial charge in [0.15, 0.2) is 0 Å². The summed E-state index contributed by atoms with van der Waals surface area (Å²) in [5.74, 6) is -0.986. The Morgan fingerprint density at radius 2 is 1.83 bits per heavy atom. The monoisotopic (exact) mass is 325 g/mol. The number of nitrogens with zero attached hydrogens (tertiary/aromatic N) is 2. The number of aromatic nitrogens is 2. The number of benzene rings is 1. The molecule has 124 valence electrons. The van der Waals surface area contributed by atoms with Gasteiger partial charge in [0, 0.05) is 17.3 Å². The van der Waals surface area contributed by atoms with E-state index in [9.17, 15) is 18.7 Å². The van der Waals surface area contributed by atoms with Crippen LogP contribution >= 0.6 is 0 Å². The predicted molar refractivity (Wildman–Crippen MR) is 75.6 cm³/mol. The highest BCUT2D eigenvalue weighted by molar-refractivity contribution is 5.90. The Balaban J connectivity index is 2.63. The van der Waals surface area contributed by atoms with Crippen LogP contribution in [0.15, 0.2) is 24.5 Å². The van der Waals surface area contributed by atoms with Crippen LogP contribution in [0.3, 0.4) is 0 Å². The van der Waals surface area contributed by atoms with Crippen molar-refractivity contribution in [3.05, 3.63) is 30.1 Å². The minimum absolute atomic E-state index is 0.123. The van der Waals surface area contributed by atoms with E-state index in [1.54, 1.807) is 13.8 Å². The van der Waals surface area contributed by atoms with E-state index < -0.39 is 12.5 Å². The van der Waals surface area contributed by atoms with Crippen molar-refractivity contribution >= 4 is 5.97 Å². The van der Waals surface area contributed by atoms with E-state index in [1.807, 2.05) is 0 Å². The number of rotatable bonds is 7. The van der Waals surface area contributed by atoms with E-state index in [0.717, 1.165) is 6.20 Å². The van der Waals surface area contributed by atoms with Gasteiger partial charge in [-0.25, -0.2) is 4.68 Å². The molecule has 0 fully saturated rings. The van der Waals surface area contributed by atoms with Gasteiger partial charge < -0.3 is 19.4 Å². The molecule has 1 aromatic heterocycles. The van der Waals surface area contributed by atoms with Crippen LogP contribution in [0, 0.1) is 0 Å². The Labute approximate surface area is 131 Å². The highest BCUT2D eigenvalue weighted by atomic mass is 19.3. The van der Waals surface area contributed by atoms with Crippen LogP contribution in [0.4, 0.5) is 8.78 Å². The summed E-state index contributed by atoms with van der Waals surface area (Å²) in [6.07, 6.45) is 2.38. The van der Waals surface area contributed by atoms with E-state index in [2.05, 4.69) is 5.10 Å². The predicted octanol–water partition coefficient (Wildman–Crippen LogP) is 2.11. The molecule has 0 aliphatic heterocycles. The van der Waals surface area contributed by atoms with Gasteiger partial charge in [-0.05, 0) is 26.0 Å². The summed E-state index contributed by atoms with van der Waals surface area (Å²) < 4.78 is 36.8. The molecule has 0 aliphatic carbocycles. The number of carbonyl (C=O) groups is 1. The summed E-state index contributed by atoms with van der Waals surface area (Å²) in [5.41, 5.74) is 0.578. The first-order valence-corrected chi connectivity index (χ1v) is 6.95. The van der Waals surface area contributed by atoms with Crippen molar-refractivity contribution < 1.29 is 28.2 Å². The molecule has 0 N–H and O–H groups in total. The average Bonchev–Trinajstić information content (AvgIpc) is 2.97. The highest BCUT2D eigenvalue weighted by Crippen LogP contribution is 2.40. The van der Waals surface area contributed by atoms with E-state index in [4.69, 9.17) is 9.47 Å². The normalized spacial score (nSPS) is 10.8. The van der Waals surface area contributed by atoms with Crippen LogP contribution in [-0.4, -0.2) is 29.0 Å². The van der Waals surface area contributed by atoms with Crippen molar-refractivity contribution in [2.24, 2.45) is 0 Å². The Morgan fingerprint density at radius 1 is 1.26 bits per heavy atom. The van der Waals surface area contributed by atoms with E-state index in [1.165, 1.54) is 18.3 Å². The van der Waals surface area contributed by atoms with Gasteiger partial charge in [-0.15, -0.1) is 0 Å². The van der Waals surface area contributed by atoms with Gasteiger partial charge >= 0.3 is 6.55 Å². The number of halogens is 2. The molecule has 0 atom stereocenters. The number of ether oxygens (including phenoxy) is 2. The van der Waals surface area contributed by atoms with Crippen molar-refractivity contribution in [2.45, 2.75) is 20.4 Å². The van der Waals surface area contributed by atoms with Gasteiger partial charge in [-0.1, -0.05) is 0 Å². The SMILES string of the molecule is CCOc1cc(C(=O)[O-])cc(OCC)c1-c1cnn(C(F)F)c1. The molecule has 0 unspecified atom stereocenters. The Morgan fingerprint density at radius 3 is 2.22 bits per heavy atom. The molecule has 2 aromatic rings. The van der Waals surface area contributed by atoms with Crippen LogP contribution in [0.1, 0.15) is 30.8 Å². The van der Waals surface area contributed by atoms with Crippen molar-refractivity contribution in [2.75, 3.05) is 13.2 Å². The minimum Gasteiger partial charge on any atom is -0.545 e. The third-order valence-electron chi connectivity index (χ3n) is 2.99. The second-order valence-electron chi connectivity index (χ2n) is 4.49. The number of hydrogen-bond acceptors (Lipinski definition) is 5. The van der Waals surface area contributed by atoms with Crippen LogP contribution in [0.5, 0.6) is 11.5 Å². The van der Waals surface area contributed by atoms with Crippen LogP contribution in [0.2, 0.25) is 0 Å². The first-order valence-electron chi connectivity index (χ1n) is 6.95. The maximum atomic E-state index is 12.7. The van der Waals surface area contributed by atoms with Crippen molar-refractivity contribution in [3.63, 3.8) is 0 Å². The lowest BCUT2D eigenvalue weighted by Crippen LogP contribution is -2.22. The van der Waals surface area contributed by atoms with Gasteiger partial charge in [0.1, 0.15) is 11.5 Å². The maximum absolute atomic E-state index is 12.7. The fourth-order valence-corrected chi connectivity index (χ4v) is 2.10. The lowest BCUT2D eigenvalue weighted by molar-refractivity contribution is -0.255. The number of alkyl halides is 2. The van der Waals surface area contributed by atoms with Gasteiger partial charge in [0.05, 0.1) is 30.9 Å². The second kappa shape index (κ2) is 7.08. The molecular formula is C15H15F2N2O4-. The summed E-state index contributed by atoms with van der Waals surface area (Å²) >= 11 is 0. The third-order valence-corrected chi connectivity index (χ3v) is 2.99. The zero-order valence-electron chi connectivity index (χ0n) is 12.6. The quantitative estimate of drug-likeness (QED) is 0.779. The molecule has 2 rings (SSSR count). The summed E-state index contributed by atoms with van der Waals surface area (Å²) in [6.45, 7) is 1.18. The highest BCUT2D eigenvalue weighted by Gasteiger charge is 2.19. The zero-order chi connectivity index (χ0) is 17.0. The van der Waals surface area contributed by atoms with Gasteiger partial charge in [-0.3, -0.25) is 0 Å². The average molecular weight is 325 g/mol. The second-order valence-corrected chi connectivity index (χ2v) is 4.49. The molecule has 0 aliphatic rings. The summed E-state index contributed by atoms with van der Waals surface area (Å²) in [7, 11) is 0. The van der Waals surface area contributed by atoms with Gasteiger partial charge in [-0.2, -0.15) is 13.9 Å². The van der Waals surface area contributed by atoms with Crippen molar-refractivity contribution in [1.29, 1.82) is 0 Å². The van der Waals surface area contributed by atoms with E-state index in [0.29, 0.717) is 15.8 Å². The van der Waals surface area contributed by atoms with Crippen LogP contribution in [-0.2, 0) is 0 Å². The Bertz CT molecular complexity index is 674. The summed E-state index contributed by atoms with van der Waals surface area (Å²) in [6, 6.07) is 2.55. The molecule has 23 heavy (non-hydrogen) atoms. The largest absolute Gasteiger partial charge is 0.545 e. The van der Waals surface area contributed by atoms with Crippen LogP contribution < -0.4 is 14.6 Å². The minimum atomic E-state index is -2.78. The zero-order valence-corrected chi connectivity index (χ0v) is 12.6. The van der Waals surface area contributed by atoms with Gasteiger partial charge in [0.25, 0.3) is 0 Å². The molecule has 0 radical (unpaired) electrons. The van der Waals surface area contributed by atoms with Crippen molar-refractivity contribution in [1.82, 2.24) is 9.78 Å². The topological polar surface area (TPSA) is 76.4 Å². The molecule has 0 bridgehead atoms. The number of carboxylic acid groups (broad SMARTS) is 1. The molecule has 0 amide bonds. The van der Waals surface area contributed by atoms with Gasteiger partial charge in [0.2, 0.25) is 0 Å². The molecule has 0 saturated heterocycles. The third kappa shape index (κ3) is 3.58. The van der Waals surface area contributed by atoms with Crippen LogP contribution in [0.25, 0.3) is 11.1 Å². The number of aromatic carboxylic acids is 1. The number of carboxylic acids is 1. The smallest absolute Gasteiger partial charge is 0.333 e. The van der Waals surface area contributed by atoms with E-state index >= 15 is 0 Å². The fourth-order valence-electron chi connectivity index (χ4n) is 2.10. The number of hydrogen-bond donors (Lipinski definition) is 0. The molecule has 8 heteroatoms. The lowest BCUT2D eigenvalue weighted by Gasteiger charge is -2.17. The Kier molecular flexibility index (Phi) is 5.15. The maximum Gasteiger partial charge on any atom is 0.333 e. The fraction of sp³-hybridized carbons (Fsp3) is 0.333. The molecule has 1 heterocycles. The number of carbonyl (C=O) groups excluding carboxylic acids is 1. The summed E-state index contributed by atoms with van der Waals surface area (Å²) in [5, 5.41) is 14.7. The Hall–Kier alpha value is -2.64. The first kappa shape index (κ1) is 16.7. The molecule has 6 nitrogen and oxygen atoms in total. The first-order chi connectivity index (χ1) is 11.0. The molecular weight excluding hydrogens is 310 g/mol. The van der Waals surface area contributed by atoms with Crippen molar-refractivity contribution in [3.8, 4) is 22.6 Å². The molecule has 0 saturated carbocycles. The van der Waals surface area contributed by atoms with E-state index in [-0.39, 0.29) is 30.3 Å².